The average molecular weight is 463 g/mol. The highest BCUT2D eigenvalue weighted by molar-refractivity contribution is 5.88. The van der Waals surface area contributed by atoms with Gasteiger partial charge in [0.05, 0.1) is 0 Å². The second-order valence-electron chi connectivity index (χ2n) is 9.14. The Hall–Kier alpha value is -3.14. The molecule has 0 radical (unpaired) electrons. The van der Waals surface area contributed by atoms with Crippen molar-refractivity contribution in [1.82, 2.24) is 0 Å². The molecule has 1 atom stereocenters. The maximum atomic E-state index is 12.6. The van der Waals surface area contributed by atoms with E-state index in [4.69, 9.17) is 4.74 Å². The van der Waals surface area contributed by atoms with E-state index in [2.05, 4.69) is 45.0 Å². The first-order valence-electron chi connectivity index (χ1n) is 12.1. The summed E-state index contributed by atoms with van der Waals surface area (Å²) in [4.78, 5) is 24.1. The van der Waals surface area contributed by atoms with Crippen molar-refractivity contribution in [2.24, 2.45) is 0 Å². The molecule has 1 N–H and O–H groups in total. The number of rotatable bonds is 12. The lowest BCUT2D eigenvalue weighted by Crippen LogP contribution is -2.15. The normalized spacial score (nSPS) is 13.1. The van der Waals surface area contributed by atoms with Gasteiger partial charge in [-0.1, -0.05) is 87.9 Å². The summed E-state index contributed by atoms with van der Waals surface area (Å²) in [6, 6.07) is 16.6. The summed E-state index contributed by atoms with van der Waals surface area (Å²) in [5.74, 6) is -1.40. The van der Waals surface area contributed by atoms with Crippen LogP contribution in [0, 0.1) is 0 Å². The summed E-state index contributed by atoms with van der Waals surface area (Å²) in [6.45, 7) is 9.80. The third-order valence-electron chi connectivity index (χ3n) is 5.97. The molecule has 0 amide bonds. The summed E-state index contributed by atoms with van der Waals surface area (Å²) in [7, 11) is 0. The molecule has 0 saturated carbocycles. The zero-order valence-electron chi connectivity index (χ0n) is 21.1. The van der Waals surface area contributed by atoms with E-state index in [1.807, 2.05) is 30.3 Å². The van der Waals surface area contributed by atoms with Crippen LogP contribution in [-0.4, -0.2) is 23.7 Å². The molecule has 0 heterocycles. The fourth-order valence-corrected chi connectivity index (χ4v) is 3.95. The molecule has 4 nitrogen and oxygen atoms in total. The van der Waals surface area contributed by atoms with E-state index in [0.29, 0.717) is 5.57 Å². The van der Waals surface area contributed by atoms with Gasteiger partial charge in [0.1, 0.15) is 6.61 Å². The Morgan fingerprint density at radius 3 is 2.06 bits per heavy atom. The summed E-state index contributed by atoms with van der Waals surface area (Å²) < 4.78 is 5.64. The second-order valence-corrected chi connectivity index (χ2v) is 9.14. The quantitative estimate of drug-likeness (QED) is 0.272. The zero-order valence-corrected chi connectivity index (χ0v) is 21.1. The molecule has 4 heteroatoms. The Morgan fingerprint density at radius 2 is 1.50 bits per heavy atom. The molecule has 1 unspecified atom stereocenters. The second kappa shape index (κ2) is 13.5. The maximum Gasteiger partial charge on any atom is 0.333 e. The maximum absolute atomic E-state index is 12.6. The average Bonchev–Trinajstić information content (AvgIpc) is 2.82. The summed E-state index contributed by atoms with van der Waals surface area (Å²) in [5.41, 5.74) is 5.50. The molecular weight excluding hydrogens is 424 g/mol. The van der Waals surface area contributed by atoms with Crippen molar-refractivity contribution in [3.05, 3.63) is 94.1 Å². The van der Waals surface area contributed by atoms with Gasteiger partial charge in [0.2, 0.25) is 0 Å². The van der Waals surface area contributed by atoms with Crippen molar-refractivity contribution in [2.75, 3.05) is 6.61 Å². The van der Waals surface area contributed by atoms with Crippen LogP contribution in [0.2, 0.25) is 0 Å². The van der Waals surface area contributed by atoms with Gasteiger partial charge in [-0.05, 0) is 61.3 Å². The number of benzene rings is 2. The number of ether oxygens (including phenoxy) is 1. The number of carboxylic acid groups (broad SMARTS) is 1. The van der Waals surface area contributed by atoms with Crippen LogP contribution in [0.15, 0.2) is 71.8 Å². The molecule has 0 aliphatic rings. The Labute approximate surface area is 204 Å². The van der Waals surface area contributed by atoms with Gasteiger partial charge in [0.25, 0.3) is 0 Å². The molecule has 0 spiro atoms. The predicted molar refractivity (Wildman–Crippen MR) is 138 cm³/mol. The number of carbonyl (C=O) groups is 2. The van der Waals surface area contributed by atoms with Gasteiger partial charge in [0.15, 0.2) is 0 Å². The van der Waals surface area contributed by atoms with Crippen LogP contribution in [0.4, 0.5) is 0 Å². The molecule has 2 aromatic rings. The van der Waals surface area contributed by atoms with Crippen molar-refractivity contribution < 1.29 is 19.4 Å². The van der Waals surface area contributed by atoms with E-state index in [0.717, 1.165) is 36.8 Å². The van der Waals surface area contributed by atoms with Crippen LogP contribution < -0.4 is 0 Å². The van der Waals surface area contributed by atoms with E-state index < -0.39 is 5.97 Å². The first kappa shape index (κ1) is 27.1. The van der Waals surface area contributed by atoms with Crippen LogP contribution in [0.25, 0.3) is 0 Å². The summed E-state index contributed by atoms with van der Waals surface area (Å²) >= 11 is 0. The summed E-state index contributed by atoms with van der Waals surface area (Å²) in [6.07, 6.45) is 7.44. The Kier molecular flexibility index (Phi) is 10.8. The fourth-order valence-electron chi connectivity index (χ4n) is 3.95. The lowest BCUT2D eigenvalue weighted by molar-refractivity contribution is -0.139. The fraction of sp³-hybridized carbons (Fsp3) is 0.400. The number of esters is 1. The lowest BCUT2D eigenvalue weighted by Gasteiger charge is -2.20. The van der Waals surface area contributed by atoms with Gasteiger partial charge in [-0.3, -0.25) is 0 Å². The van der Waals surface area contributed by atoms with E-state index >= 15 is 0 Å². The largest absolute Gasteiger partial charge is 0.478 e. The first-order chi connectivity index (χ1) is 16.2. The molecule has 2 aromatic carbocycles. The van der Waals surface area contributed by atoms with Crippen LogP contribution in [0.5, 0.6) is 0 Å². The molecule has 0 fully saturated rings. The Morgan fingerprint density at radius 1 is 0.912 bits per heavy atom. The van der Waals surface area contributed by atoms with Crippen LogP contribution in [0.1, 0.15) is 81.5 Å². The van der Waals surface area contributed by atoms with Gasteiger partial charge >= 0.3 is 11.9 Å². The van der Waals surface area contributed by atoms with Crippen LogP contribution >= 0.6 is 0 Å². The predicted octanol–water partition coefficient (Wildman–Crippen LogP) is 7.00. The smallest absolute Gasteiger partial charge is 0.333 e. The molecule has 0 saturated heterocycles. The van der Waals surface area contributed by atoms with E-state index in [1.54, 1.807) is 19.9 Å². The third kappa shape index (κ3) is 8.33. The highest BCUT2D eigenvalue weighted by atomic mass is 16.5. The molecule has 0 aliphatic carbocycles. The van der Waals surface area contributed by atoms with Crippen LogP contribution in [0.3, 0.4) is 0 Å². The number of allylic oxidation sites excluding steroid dienone is 1. The minimum atomic E-state index is -0.975. The van der Waals surface area contributed by atoms with Crippen molar-refractivity contribution in [3.63, 3.8) is 0 Å². The molecule has 0 bridgehead atoms. The standard InChI is InChI=1S/C30H38O4/c1-6-10-24-15-17-25(18-16-24)12-9-11-22(4)30(33)34-20-26(19-23(5)29(31)32)28-14-8-7-13-27(28)21(2)3/h7-8,11,13-19,21,26H,6,9-10,12,20H2,1-5H3,(H,31,32). The molecule has 182 valence electrons. The van der Waals surface area contributed by atoms with Gasteiger partial charge in [-0.15, -0.1) is 0 Å². The van der Waals surface area contributed by atoms with E-state index in [9.17, 15) is 14.7 Å². The van der Waals surface area contributed by atoms with Crippen molar-refractivity contribution in [3.8, 4) is 0 Å². The minimum absolute atomic E-state index is 0.0945. The van der Waals surface area contributed by atoms with Gasteiger partial charge < -0.3 is 9.84 Å². The zero-order chi connectivity index (χ0) is 25.1. The number of hydrogen-bond donors (Lipinski definition) is 1. The van der Waals surface area contributed by atoms with Crippen molar-refractivity contribution in [2.45, 2.75) is 72.1 Å². The highest BCUT2D eigenvalue weighted by Gasteiger charge is 2.19. The molecular formula is C30H38O4. The van der Waals surface area contributed by atoms with Crippen LogP contribution in [-0.2, 0) is 27.2 Å². The van der Waals surface area contributed by atoms with Gasteiger partial charge in [-0.25, -0.2) is 9.59 Å². The molecule has 2 rings (SSSR count). The number of aliphatic carboxylic acids is 1. The third-order valence-corrected chi connectivity index (χ3v) is 5.97. The van der Waals surface area contributed by atoms with Gasteiger partial charge in [-0.2, -0.15) is 0 Å². The summed E-state index contributed by atoms with van der Waals surface area (Å²) in [5, 5.41) is 9.37. The molecule has 34 heavy (non-hydrogen) atoms. The topological polar surface area (TPSA) is 63.6 Å². The number of hydrogen-bond acceptors (Lipinski definition) is 3. The van der Waals surface area contributed by atoms with Crippen molar-refractivity contribution >= 4 is 11.9 Å². The van der Waals surface area contributed by atoms with E-state index in [-0.39, 0.29) is 30.0 Å². The first-order valence-corrected chi connectivity index (χ1v) is 12.1. The van der Waals surface area contributed by atoms with Gasteiger partial charge in [0, 0.05) is 17.1 Å². The monoisotopic (exact) mass is 462 g/mol. The lowest BCUT2D eigenvalue weighted by atomic mass is 9.88. The SMILES string of the molecule is CCCc1ccc(CCC=C(C)C(=O)OCC(C=C(C)C(=O)O)c2ccccc2C(C)C)cc1. The Balaban J connectivity index is 2.05. The Bertz CT molecular complexity index is 1010. The van der Waals surface area contributed by atoms with E-state index in [1.165, 1.54) is 11.1 Å². The number of carboxylic acids is 1. The molecule has 0 aliphatic heterocycles. The number of aryl methyl sites for hydroxylation is 2. The van der Waals surface area contributed by atoms with Crippen molar-refractivity contribution in [1.29, 1.82) is 0 Å². The molecule has 0 aromatic heterocycles. The minimum Gasteiger partial charge on any atom is -0.478 e. The number of carbonyl (C=O) groups excluding carboxylic acids is 1. The highest BCUT2D eigenvalue weighted by Crippen LogP contribution is 2.28.